The smallest absolute Gasteiger partial charge is 0.230 e. The Bertz CT molecular complexity index is 420. The van der Waals surface area contributed by atoms with Gasteiger partial charge in [0.2, 0.25) is 5.79 Å². The highest BCUT2D eigenvalue weighted by Gasteiger charge is 2.71. The molecule has 0 aromatic heterocycles. The van der Waals surface area contributed by atoms with Crippen molar-refractivity contribution in [3.05, 3.63) is 0 Å². The lowest BCUT2D eigenvalue weighted by Gasteiger charge is -2.53. The Kier molecular flexibility index (Phi) is 5.31. The Morgan fingerprint density at radius 3 is 1.65 bits per heavy atom. The van der Waals surface area contributed by atoms with E-state index < -0.39 is 73.9 Å². The Morgan fingerprint density at radius 2 is 1.22 bits per heavy atom. The maximum atomic E-state index is 10.7. The number of aliphatic hydroxyl groups excluding tert-OH is 8. The molecule has 2 fully saturated rings. The fraction of sp³-hybridized carbons (Fsp3) is 1.00. The lowest BCUT2D eigenvalue weighted by molar-refractivity contribution is -0.415. The van der Waals surface area contributed by atoms with Gasteiger partial charge in [-0.2, -0.15) is 0 Å². The van der Waals surface area contributed by atoms with Gasteiger partial charge in [0.05, 0.1) is 19.8 Å². The fourth-order valence-electron chi connectivity index (χ4n) is 3.08. The van der Waals surface area contributed by atoms with Crippen molar-refractivity contribution in [1.82, 2.24) is 0 Å². The predicted molar refractivity (Wildman–Crippen MR) is 68.7 cm³/mol. The topological polar surface area (TPSA) is 201 Å². The summed E-state index contributed by atoms with van der Waals surface area (Å²) >= 11 is 0. The molecule has 0 saturated carbocycles. The van der Waals surface area contributed by atoms with Gasteiger partial charge < -0.3 is 55.4 Å². The Labute approximate surface area is 130 Å². The van der Waals surface area contributed by atoms with E-state index in [1.54, 1.807) is 0 Å². The Balaban J connectivity index is 2.46. The molecule has 11 heteroatoms. The molecule has 0 bridgehead atoms. The molecule has 0 amide bonds. The van der Waals surface area contributed by atoms with Crippen LogP contribution in [0.5, 0.6) is 0 Å². The average molecular weight is 342 g/mol. The van der Waals surface area contributed by atoms with Gasteiger partial charge in [0.1, 0.15) is 42.7 Å². The Morgan fingerprint density at radius 1 is 0.696 bits per heavy atom. The fourth-order valence-corrected chi connectivity index (χ4v) is 3.08. The molecule has 23 heavy (non-hydrogen) atoms. The zero-order valence-electron chi connectivity index (χ0n) is 12.0. The third kappa shape index (κ3) is 2.49. The van der Waals surface area contributed by atoms with E-state index in [1.807, 2.05) is 0 Å². The lowest BCUT2D eigenvalue weighted by Crippen LogP contribution is -2.77. The second-order valence-corrected chi connectivity index (χ2v) is 5.78. The second-order valence-electron chi connectivity index (χ2n) is 5.78. The van der Waals surface area contributed by atoms with Crippen molar-refractivity contribution in [2.45, 2.75) is 54.1 Å². The van der Waals surface area contributed by atoms with Gasteiger partial charge in [-0.05, 0) is 0 Å². The van der Waals surface area contributed by atoms with Crippen LogP contribution in [0.15, 0.2) is 0 Å². The number of aliphatic hydroxyl groups is 9. The van der Waals surface area contributed by atoms with Gasteiger partial charge in [-0.1, -0.05) is 0 Å². The molecule has 9 atom stereocenters. The summed E-state index contributed by atoms with van der Waals surface area (Å²) in [6.07, 6.45) is -12.7. The summed E-state index contributed by atoms with van der Waals surface area (Å²) in [7, 11) is 0. The molecule has 136 valence electrons. The highest BCUT2D eigenvalue weighted by molar-refractivity contribution is 5.15. The monoisotopic (exact) mass is 342 g/mol. The third-order valence-electron chi connectivity index (χ3n) is 4.53. The summed E-state index contributed by atoms with van der Waals surface area (Å²) in [6.45, 7) is -2.81. The number of rotatable bonds is 4. The van der Waals surface area contributed by atoms with Crippen molar-refractivity contribution in [1.29, 1.82) is 0 Å². The first kappa shape index (κ1) is 18.9. The van der Waals surface area contributed by atoms with Crippen LogP contribution in [-0.2, 0) is 9.47 Å². The normalized spacial score (nSPS) is 54.4. The molecular weight excluding hydrogens is 320 g/mol. The molecule has 0 aromatic carbocycles. The van der Waals surface area contributed by atoms with Gasteiger partial charge in [0, 0.05) is 0 Å². The van der Waals surface area contributed by atoms with Crippen LogP contribution in [0.2, 0.25) is 0 Å². The van der Waals surface area contributed by atoms with E-state index in [-0.39, 0.29) is 0 Å². The summed E-state index contributed by atoms with van der Waals surface area (Å²) in [5, 5.41) is 88.2. The van der Waals surface area contributed by atoms with Crippen LogP contribution >= 0.6 is 0 Å². The summed E-state index contributed by atoms with van der Waals surface area (Å²) in [5.41, 5.74) is -2.53. The summed E-state index contributed by atoms with van der Waals surface area (Å²) in [4.78, 5) is 0. The van der Waals surface area contributed by atoms with Crippen LogP contribution in [0, 0.1) is 0 Å². The number of hydrogen-bond donors (Lipinski definition) is 9. The van der Waals surface area contributed by atoms with Gasteiger partial charge in [0.15, 0.2) is 5.60 Å². The first-order chi connectivity index (χ1) is 10.7. The maximum absolute atomic E-state index is 10.7. The predicted octanol–water partition coefficient (Wildman–Crippen LogP) is -6.01. The van der Waals surface area contributed by atoms with Crippen LogP contribution < -0.4 is 0 Å². The van der Waals surface area contributed by atoms with Gasteiger partial charge in [-0.25, -0.2) is 0 Å². The zero-order chi connectivity index (χ0) is 17.6. The molecule has 0 aromatic rings. The highest BCUT2D eigenvalue weighted by Crippen LogP contribution is 2.45. The van der Waals surface area contributed by atoms with Gasteiger partial charge in [-0.15, -0.1) is 0 Å². The van der Waals surface area contributed by atoms with Crippen molar-refractivity contribution >= 4 is 0 Å². The van der Waals surface area contributed by atoms with Crippen LogP contribution in [0.1, 0.15) is 0 Å². The van der Waals surface area contributed by atoms with Crippen molar-refractivity contribution in [3.8, 4) is 0 Å². The van der Waals surface area contributed by atoms with Crippen LogP contribution in [0.3, 0.4) is 0 Å². The summed E-state index contributed by atoms with van der Waals surface area (Å²) in [5.74, 6) is -2.99. The number of ether oxygens (including phenoxy) is 2. The van der Waals surface area contributed by atoms with Crippen LogP contribution in [0.4, 0.5) is 0 Å². The first-order valence-corrected chi connectivity index (χ1v) is 7.01. The molecule has 0 radical (unpaired) electrons. The molecule has 0 aliphatic carbocycles. The SMILES string of the molecule is OC[C@H]1O[C@](CO)([C@@]2(O)O[C@H](CO)[C@@H](O)[C@H](O)[C@H]2O)[C@@H](O)[C@@H]1O. The molecule has 2 saturated heterocycles. The van der Waals surface area contributed by atoms with Crippen molar-refractivity contribution in [3.63, 3.8) is 0 Å². The maximum Gasteiger partial charge on any atom is 0.230 e. The zero-order valence-corrected chi connectivity index (χ0v) is 12.0. The van der Waals surface area contributed by atoms with E-state index in [4.69, 9.17) is 19.7 Å². The number of hydrogen-bond acceptors (Lipinski definition) is 11. The molecule has 0 unspecified atom stereocenters. The quantitative estimate of drug-likeness (QED) is 0.235. The summed E-state index contributed by atoms with van der Waals surface area (Å²) < 4.78 is 10.2. The van der Waals surface area contributed by atoms with Gasteiger partial charge in [0.25, 0.3) is 0 Å². The standard InChI is InChI=1S/C12H22O11/c13-1-4-6(16)8(18)10(20)12(21,23-4)11(3-15)9(19)7(17)5(2-14)22-11/h4-10,13-21H,1-3H2/t4-,5-,6-,7-,8+,9+,10-,11+,12+/m1/s1. The summed E-state index contributed by atoms with van der Waals surface area (Å²) in [6, 6.07) is 0. The van der Waals surface area contributed by atoms with Gasteiger partial charge >= 0.3 is 0 Å². The van der Waals surface area contributed by atoms with Crippen LogP contribution in [-0.4, -0.2) is 120 Å². The van der Waals surface area contributed by atoms with E-state index in [1.165, 1.54) is 0 Å². The third-order valence-corrected chi connectivity index (χ3v) is 4.53. The Hall–Kier alpha value is -0.440. The average Bonchev–Trinajstić information content (AvgIpc) is 2.81. The minimum Gasteiger partial charge on any atom is -0.394 e. The van der Waals surface area contributed by atoms with E-state index in [9.17, 15) is 35.7 Å². The second kappa shape index (κ2) is 6.46. The minimum atomic E-state index is -2.99. The van der Waals surface area contributed by atoms with E-state index in [0.717, 1.165) is 0 Å². The molecule has 9 N–H and O–H groups in total. The largest absolute Gasteiger partial charge is 0.394 e. The lowest BCUT2D eigenvalue weighted by atomic mass is 9.78. The molecule has 2 aliphatic heterocycles. The van der Waals surface area contributed by atoms with E-state index >= 15 is 0 Å². The molecule has 11 nitrogen and oxygen atoms in total. The molecule has 2 aliphatic rings. The minimum absolute atomic E-state index is 0.777. The molecular formula is C12H22O11. The highest BCUT2D eigenvalue weighted by atomic mass is 16.7. The molecule has 2 heterocycles. The van der Waals surface area contributed by atoms with Gasteiger partial charge in [-0.3, -0.25) is 0 Å². The van der Waals surface area contributed by atoms with Crippen molar-refractivity contribution < 1.29 is 55.4 Å². The molecule has 2 rings (SSSR count). The van der Waals surface area contributed by atoms with E-state index in [0.29, 0.717) is 0 Å². The molecule has 0 spiro atoms. The van der Waals surface area contributed by atoms with Crippen LogP contribution in [0.25, 0.3) is 0 Å². The first-order valence-electron chi connectivity index (χ1n) is 7.01. The van der Waals surface area contributed by atoms with Crippen molar-refractivity contribution in [2.75, 3.05) is 19.8 Å². The van der Waals surface area contributed by atoms with E-state index in [2.05, 4.69) is 0 Å². The van der Waals surface area contributed by atoms with Crippen molar-refractivity contribution in [2.24, 2.45) is 0 Å².